The van der Waals surface area contributed by atoms with Gasteiger partial charge >= 0.3 is 5.97 Å². The highest BCUT2D eigenvalue weighted by atomic mass is 19.1. The number of carbonyl (C=O) groups is 1. The molecule has 5 heteroatoms. The van der Waals surface area contributed by atoms with Gasteiger partial charge in [0.15, 0.2) is 0 Å². The lowest BCUT2D eigenvalue weighted by Crippen LogP contribution is -2.04. The van der Waals surface area contributed by atoms with E-state index in [4.69, 9.17) is 4.74 Å². The third-order valence-corrected chi connectivity index (χ3v) is 4.27. The molecule has 0 saturated heterocycles. The van der Waals surface area contributed by atoms with Gasteiger partial charge in [0.1, 0.15) is 11.6 Å². The first kappa shape index (κ1) is 18.5. The number of rotatable bonds is 7. The molecular formula is C22H20FNO3. The van der Waals surface area contributed by atoms with Crippen LogP contribution >= 0.6 is 0 Å². The van der Waals surface area contributed by atoms with Crippen molar-refractivity contribution in [1.29, 1.82) is 0 Å². The van der Waals surface area contributed by atoms with Gasteiger partial charge in [-0.25, -0.2) is 9.18 Å². The molecule has 138 valence electrons. The molecule has 3 aromatic carbocycles. The van der Waals surface area contributed by atoms with Crippen LogP contribution in [0.2, 0.25) is 0 Å². The summed E-state index contributed by atoms with van der Waals surface area (Å²) in [6, 6.07) is 18.9. The van der Waals surface area contributed by atoms with E-state index < -0.39 is 5.97 Å². The molecule has 27 heavy (non-hydrogen) atoms. The zero-order valence-electron chi connectivity index (χ0n) is 14.9. The molecular weight excluding hydrogens is 345 g/mol. The van der Waals surface area contributed by atoms with Crippen LogP contribution in [-0.2, 0) is 12.8 Å². The number of carboxylic acids is 1. The molecule has 0 heterocycles. The van der Waals surface area contributed by atoms with E-state index in [0.717, 1.165) is 29.7 Å². The Balaban J connectivity index is 1.79. The van der Waals surface area contributed by atoms with Crippen molar-refractivity contribution in [3.8, 4) is 5.75 Å². The Bertz CT molecular complexity index is 939. The van der Waals surface area contributed by atoms with Crippen molar-refractivity contribution in [1.82, 2.24) is 0 Å². The number of anilines is 2. The van der Waals surface area contributed by atoms with Gasteiger partial charge in [-0.05, 0) is 72.5 Å². The molecule has 0 atom stereocenters. The van der Waals surface area contributed by atoms with E-state index in [0.29, 0.717) is 11.4 Å². The van der Waals surface area contributed by atoms with Crippen LogP contribution in [0.4, 0.5) is 15.8 Å². The molecule has 0 fully saturated rings. The summed E-state index contributed by atoms with van der Waals surface area (Å²) in [5.74, 6) is -0.544. The second-order valence-corrected chi connectivity index (χ2v) is 6.17. The number of carboxylic acid groups (broad SMARTS) is 1. The summed E-state index contributed by atoms with van der Waals surface area (Å²) >= 11 is 0. The van der Waals surface area contributed by atoms with Gasteiger partial charge in [0.25, 0.3) is 0 Å². The third kappa shape index (κ3) is 4.85. The molecule has 0 saturated carbocycles. The van der Waals surface area contributed by atoms with Gasteiger partial charge in [0.2, 0.25) is 0 Å². The summed E-state index contributed by atoms with van der Waals surface area (Å²) in [5.41, 5.74) is 3.43. The topological polar surface area (TPSA) is 58.6 Å². The molecule has 0 aromatic heterocycles. The Morgan fingerprint density at radius 3 is 2.37 bits per heavy atom. The number of hydrogen-bond acceptors (Lipinski definition) is 3. The lowest BCUT2D eigenvalue weighted by Gasteiger charge is -2.12. The summed E-state index contributed by atoms with van der Waals surface area (Å²) in [5, 5.41) is 12.5. The average Bonchev–Trinajstić information content (AvgIpc) is 2.68. The van der Waals surface area contributed by atoms with Crippen molar-refractivity contribution in [2.24, 2.45) is 0 Å². The Hall–Kier alpha value is -3.34. The SMILES string of the molecule is COc1cccc(CCc2ccc(C(=O)O)c(Nc3ccc(F)cc3)c2)c1. The molecule has 0 spiro atoms. The Morgan fingerprint density at radius 2 is 1.70 bits per heavy atom. The lowest BCUT2D eigenvalue weighted by molar-refractivity contribution is 0.0698. The van der Waals surface area contributed by atoms with Crippen molar-refractivity contribution in [2.75, 3.05) is 12.4 Å². The van der Waals surface area contributed by atoms with Crippen molar-refractivity contribution < 1.29 is 19.0 Å². The van der Waals surface area contributed by atoms with E-state index in [-0.39, 0.29) is 11.4 Å². The van der Waals surface area contributed by atoms with E-state index >= 15 is 0 Å². The number of aromatic carboxylic acids is 1. The largest absolute Gasteiger partial charge is 0.497 e. The number of benzene rings is 3. The van der Waals surface area contributed by atoms with E-state index in [2.05, 4.69) is 5.32 Å². The second-order valence-electron chi connectivity index (χ2n) is 6.17. The fraction of sp³-hybridized carbons (Fsp3) is 0.136. The first-order chi connectivity index (χ1) is 13.0. The Kier molecular flexibility index (Phi) is 5.71. The summed E-state index contributed by atoms with van der Waals surface area (Å²) in [7, 11) is 1.64. The van der Waals surface area contributed by atoms with Gasteiger partial charge in [-0.1, -0.05) is 18.2 Å². The van der Waals surface area contributed by atoms with Crippen LogP contribution in [0.5, 0.6) is 5.75 Å². The van der Waals surface area contributed by atoms with Crippen LogP contribution in [0.25, 0.3) is 0 Å². The summed E-state index contributed by atoms with van der Waals surface area (Å²) in [6.07, 6.45) is 1.56. The fourth-order valence-corrected chi connectivity index (χ4v) is 2.84. The molecule has 0 radical (unpaired) electrons. The maximum Gasteiger partial charge on any atom is 0.337 e. The standard InChI is InChI=1S/C22H20FNO3/c1-27-19-4-2-3-15(13-19)5-6-16-7-12-20(22(25)26)21(14-16)24-18-10-8-17(23)9-11-18/h2-4,7-14,24H,5-6H2,1H3,(H,25,26). The Labute approximate surface area is 157 Å². The number of hydrogen-bond donors (Lipinski definition) is 2. The number of methoxy groups -OCH3 is 1. The van der Waals surface area contributed by atoms with Gasteiger partial charge in [-0.15, -0.1) is 0 Å². The minimum Gasteiger partial charge on any atom is -0.497 e. The first-order valence-electron chi connectivity index (χ1n) is 8.57. The zero-order chi connectivity index (χ0) is 19.2. The highest BCUT2D eigenvalue weighted by Crippen LogP contribution is 2.24. The van der Waals surface area contributed by atoms with Gasteiger partial charge in [0.05, 0.1) is 18.4 Å². The minimum absolute atomic E-state index is 0.171. The van der Waals surface area contributed by atoms with E-state index in [1.165, 1.54) is 12.1 Å². The van der Waals surface area contributed by atoms with Gasteiger partial charge < -0.3 is 15.2 Å². The molecule has 0 aliphatic carbocycles. The van der Waals surface area contributed by atoms with Crippen LogP contribution in [-0.4, -0.2) is 18.2 Å². The maximum atomic E-state index is 13.1. The molecule has 0 aliphatic rings. The summed E-state index contributed by atoms with van der Waals surface area (Å²) in [4.78, 5) is 11.5. The van der Waals surface area contributed by atoms with Crippen LogP contribution in [0.15, 0.2) is 66.7 Å². The molecule has 0 amide bonds. The van der Waals surface area contributed by atoms with Crippen molar-refractivity contribution in [3.63, 3.8) is 0 Å². The molecule has 3 rings (SSSR count). The highest BCUT2D eigenvalue weighted by molar-refractivity contribution is 5.95. The molecule has 0 unspecified atom stereocenters. The number of aryl methyl sites for hydroxylation is 2. The third-order valence-electron chi connectivity index (χ3n) is 4.27. The van der Waals surface area contributed by atoms with E-state index in [9.17, 15) is 14.3 Å². The monoisotopic (exact) mass is 365 g/mol. The first-order valence-corrected chi connectivity index (χ1v) is 8.57. The van der Waals surface area contributed by atoms with Gasteiger partial charge in [-0.2, -0.15) is 0 Å². The molecule has 0 aliphatic heterocycles. The summed E-state index contributed by atoms with van der Waals surface area (Å²) in [6.45, 7) is 0. The minimum atomic E-state index is -1.01. The van der Waals surface area contributed by atoms with Crippen LogP contribution in [0, 0.1) is 5.82 Å². The lowest BCUT2D eigenvalue weighted by atomic mass is 10.0. The quantitative estimate of drug-likeness (QED) is 0.614. The van der Waals surface area contributed by atoms with E-state index in [1.54, 1.807) is 25.3 Å². The molecule has 0 bridgehead atoms. The number of halogens is 1. The van der Waals surface area contributed by atoms with Gasteiger partial charge in [-0.3, -0.25) is 0 Å². The van der Waals surface area contributed by atoms with Gasteiger partial charge in [0, 0.05) is 5.69 Å². The maximum absolute atomic E-state index is 13.1. The predicted octanol–water partition coefficient (Wildman–Crippen LogP) is 5.06. The average molecular weight is 365 g/mol. The van der Waals surface area contributed by atoms with Crippen molar-refractivity contribution in [3.05, 3.63) is 89.2 Å². The fourth-order valence-electron chi connectivity index (χ4n) is 2.84. The van der Waals surface area contributed by atoms with Crippen LogP contribution in [0.3, 0.4) is 0 Å². The molecule has 3 aromatic rings. The Morgan fingerprint density at radius 1 is 1.00 bits per heavy atom. The molecule has 4 nitrogen and oxygen atoms in total. The van der Waals surface area contributed by atoms with Crippen LogP contribution < -0.4 is 10.1 Å². The molecule has 2 N–H and O–H groups in total. The van der Waals surface area contributed by atoms with E-state index in [1.807, 2.05) is 36.4 Å². The summed E-state index contributed by atoms with van der Waals surface area (Å²) < 4.78 is 18.3. The normalized spacial score (nSPS) is 10.4. The zero-order valence-corrected chi connectivity index (χ0v) is 14.9. The highest BCUT2D eigenvalue weighted by Gasteiger charge is 2.11. The van der Waals surface area contributed by atoms with Crippen LogP contribution in [0.1, 0.15) is 21.5 Å². The number of nitrogens with one attached hydrogen (secondary N) is 1. The smallest absolute Gasteiger partial charge is 0.337 e. The van der Waals surface area contributed by atoms with Crippen molar-refractivity contribution >= 4 is 17.3 Å². The number of ether oxygens (including phenoxy) is 1. The van der Waals surface area contributed by atoms with Crippen molar-refractivity contribution in [2.45, 2.75) is 12.8 Å². The predicted molar refractivity (Wildman–Crippen MR) is 103 cm³/mol. The second kappa shape index (κ2) is 8.36.